The van der Waals surface area contributed by atoms with Gasteiger partial charge in [0.2, 0.25) is 0 Å². The molecule has 0 saturated heterocycles. The van der Waals surface area contributed by atoms with Gasteiger partial charge in [-0.3, -0.25) is 0 Å². The van der Waals surface area contributed by atoms with Gasteiger partial charge in [-0.25, -0.2) is 0 Å². The average molecular weight is 530 g/mol. The fourth-order valence-corrected chi connectivity index (χ4v) is 9.17. The molecule has 0 spiro atoms. The van der Waals surface area contributed by atoms with Gasteiger partial charge in [0.1, 0.15) is 8.07 Å². The van der Waals surface area contributed by atoms with E-state index in [4.69, 9.17) is 0 Å². The van der Waals surface area contributed by atoms with Gasteiger partial charge in [0.05, 0.1) is 0 Å². The van der Waals surface area contributed by atoms with Crippen LogP contribution in [0.5, 0.6) is 0 Å². The summed E-state index contributed by atoms with van der Waals surface area (Å²) in [4.78, 5) is 0. The van der Waals surface area contributed by atoms with E-state index in [1.165, 1.54) is 33.4 Å². The van der Waals surface area contributed by atoms with Crippen molar-refractivity contribution in [3.8, 4) is 0 Å². The van der Waals surface area contributed by atoms with Gasteiger partial charge >= 0.3 is 26.2 Å². The summed E-state index contributed by atoms with van der Waals surface area (Å²) in [6.07, 6.45) is 4.98. The second kappa shape index (κ2) is 9.25. The monoisotopic (exact) mass is 528 g/mol. The summed E-state index contributed by atoms with van der Waals surface area (Å²) in [5.41, 5.74) is 8.08. The number of fused-ring (bicyclic) bond motifs is 2. The third kappa shape index (κ3) is 3.78. The molecule has 162 valence electrons. The molecule has 0 nitrogen and oxygen atoms in total. The quantitative estimate of drug-likeness (QED) is 0.187. The van der Waals surface area contributed by atoms with Crippen molar-refractivity contribution < 1.29 is 26.2 Å². The molecule has 0 N–H and O–H groups in total. The first-order chi connectivity index (χ1) is 16.1. The standard InChI is InChI=1S/C32H26Si.Zr/c1-33(2,29-21-25-17-9-11-19-27(25)31(29)23-13-5-3-6-14-23)30-22-26-18-10-12-20-28(26)32(30)24-15-7-4-8-16-24;/h3-13,15,17-22,31-32H,1-2H3;/q-2;+2. The molecule has 2 aliphatic rings. The second-order valence-electron chi connectivity index (χ2n) is 9.58. The predicted molar refractivity (Wildman–Crippen MR) is 141 cm³/mol. The molecule has 0 aromatic heterocycles. The SMILES string of the molecule is C[Si](C)(C1=Cc2ccccc2C1c1[c-]cccc1)C1=Cc2ccccc2C1c1[c-]cccc1.[Zr+2]. The van der Waals surface area contributed by atoms with Gasteiger partial charge in [-0.15, -0.1) is 0 Å². The van der Waals surface area contributed by atoms with Crippen LogP contribution in [0.3, 0.4) is 0 Å². The Balaban J connectivity index is 0.00000241. The Morgan fingerprint density at radius 1 is 0.559 bits per heavy atom. The molecule has 2 atom stereocenters. The first-order valence-corrected chi connectivity index (χ1v) is 14.7. The van der Waals surface area contributed by atoms with Crippen molar-refractivity contribution in [3.05, 3.63) is 153 Å². The fraction of sp³-hybridized carbons (Fsp3) is 0.125. The summed E-state index contributed by atoms with van der Waals surface area (Å²) in [7, 11) is -2.04. The van der Waals surface area contributed by atoms with Crippen LogP contribution >= 0.6 is 0 Å². The van der Waals surface area contributed by atoms with Crippen LogP contribution in [0.1, 0.15) is 45.2 Å². The Morgan fingerprint density at radius 3 is 1.38 bits per heavy atom. The van der Waals surface area contributed by atoms with E-state index in [0.29, 0.717) is 0 Å². The molecule has 0 amide bonds. The van der Waals surface area contributed by atoms with Crippen molar-refractivity contribution in [2.75, 3.05) is 0 Å². The van der Waals surface area contributed by atoms with Crippen molar-refractivity contribution in [1.29, 1.82) is 0 Å². The van der Waals surface area contributed by atoms with Gasteiger partial charge in [-0.05, 0) is 22.3 Å². The molecule has 0 radical (unpaired) electrons. The molecule has 4 aromatic carbocycles. The first kappa shape index (κ1) is 23.2. The third-order valence-electron chi connectivity index (χ3n) is 7.39. The van der Waals surface area contributed by atoms with E-state index in [2.05, 4.69) is 134 Å². The fourth-order valence-electron chi connectivity index (χ4n) is 5.74. The molecular weight excluding hydrogens is 504 g/mol. The van der Waals surface area contributed by atoms with E-state index in [1.54, 1.807) is 10.4 Å². The van der Waals surface area contributed by atoms with Crippen LogP contribution in [0, 0.1) is 12.1 Å². The van der Waals surface area contributed by atoms with Crippen LogP contribution in [0.25, 0.3) is 12.2 Å². The minimum atomic E-state index is -2.04. The van der Waals surface area contributed by atoms with Crippen LogP contribution in [0.2, 0.25) is 13.1 Å². The van der Waals surface area contributed by atoms with Crippen molar-refractivity contribution in [1.82, 2.24) is 0 Å². The van der Waals surface area contributed by atoms with Crippen molar-refractivity contribution in [2.45, 2.75) is 24.9 Å². The number of hydrogen-bond acceptors (Lipinski definition) is 0. The maximum Gasteiger partial charge on any atom is 2.00 e. The van der Waals surface area contributed by atoms with E-state index in [-0.39, 0.29) is 38.0 Å². The molecule has 2 heteroatoms. The zero-order chi connectivity index (χ0) is 22.4. The van der Waals surface area contributed by atoms with E-state index in [0.717, 1.165) is 0 Å². The summed E-state index contributed by atoms with van der Waals surface area (Å²) in [6.45, 7) is 5.07. The molecule has 0 saturated carbocycles. The van der Waals surface area contributed by atoms with E-state index in [9.17, 15) is 0 Å². The summed E-state index contributed by atoms with van der Waals surface area (Å²) < 4.78 is 0. The Bertz CT molecular complexity index is 1280. The average Bonchev–Trinajstić information content (AvgIpc) is 3.45. The molecule has 0 aliphatic heterocycles. The van der Waals surface area contributed by atoms with Gasteiger partial charge in [-0.2, -0.15) is 71.8 Å². The molecular formula is C32H26SiZr. The van der Waals surface area contributed by atoms with Crippen molar-refractivity contribution in [3.63, 3.8) is 0 Å². The van der Waals surface area contributed by atoms with Crippen LogP contribution in [0.4, 0.5) is 0 Å². The first-order valence-electron chi connectivity index (χ1n) is 11.7. The van der Waals surface area contributed by atoms with E-state index >= 15 is 0 Å². The number of benzene rings is 4. The van der Waals surface area contributed by atoms with Crippen LogP contribution in [-0.4, -0.2) is 8.07 Å². The van der Waals surface area contributed by atoms with Gasteiger partial charge in [-0.1, -0.05) is 84.2 Å². The minimum Gasteiger partial charge on any atom is -0.179 e. The topological polar surface area (TPSA) is 0 Å². The van der Waals surface area contributed by atoms with Crippen molar-refractivity contribution >= 4 is 20.2 Å². The normalized spacial score (nSPS) is 18.4. The van der Waals surface area contributed by atoms with Crippen molar-refractivity contribution in [2.24, 2.45) is 0 Å². The predicted octanol–water partition coefficient (Wildman–Crippen LogP) is 7.83. The number of allylic oxidation sites excluding steroid dienone is 2. The molecule has 0 fully saturated rings. The van der Waals surface area contributed by atoms with Gasteiger partial charge < -0.3 is 0 Å². The third-order valence-corrected chi connectivity index (χ3v) is 11.1. The summed E-state index contributed by atoms with van der Waals surface area (Å²) >= 11 is 0. The Hall–Kier alpha value is -2.54. The molecule has 6 rings (SSSR count). The number of rotatable bonds is 4. The summed E-state index contributed by atoms with van der Waals surface area (Å²) in [5, 5.41) is 3.15. The Morgan fingerprint density at radius 2 is 0.971 bits per heavy atom. The molecule has 0 heterocycles. The Labute approximate surface area is 223 Å². The zero-order valence-electron chi connectivity index (χ0n) is 19.5. The van der Waals surface area contributed by atoms with Gasteiger partial charge in [0, 0.05) is 11.8 Å². The maximum absolute atomic E-state index is 3.56. The molecule has 34 heavy (non-hydrogen) atoms. The maximum atomic E-state index is 3.56. The minimum absolute atomic E-state index is 0. The summed E-state index contributed by atoms with van der Waals surface area (Å²) in [6, 6.07) is 41.9. The van der Waals surface area contributed by atoms with Gasteiger partial charge in [0.15, 0.2) is 0 Å². The van der Waals surface area contributed by atoms with Crippen LogP contribution in [-0.2, 0) is 26.2 Å². The van der Waals surface area contributed by atoms with Gasteiger partial charge in [0.25, 0.3) is 0 Å². The molecule has 2 unspecified atom stereocenters. The van der Waals surface area contributed by atoms with Crippen LogP contribution in [0.15, 0.2) is 107 Å². The number of hydrogen-bond donors (Lipinski definition) is 0. The molecule has 2 aliphatic carbocycles. The summed E-state index contributed by atoms with van der Waals surface area (Å²) in [5.74, 6) is 0.545. The largest absolute Gasteiger partial charge is 2.00 e. The smallest absolute Gasteiger partial charge is 0.179 e. The second-order valence-corrected chi connectivity index (χ2v) is 14.0. The van der Waals surface area contributed by atoms with E-state index in [1.807, 2.05) is 0 Å². The van der Waals surface area contributed by atoms with E-state index < -0.39 is 8.07 Å². The zero-order valence-corrected chi connectivity index (χ0v) is 23.0. The molecule has 4 aromatic rings. The Kier molecular flexibility index (Phi) is 6.32. The van der Waals surface area contributed by atoms with Crippen LogP contribution < -0.4 is 0 Å². The molecule has 0 bridgehead atoms.